The van der Waals surface area contributed by atoms with Crippen LogP contribution in [0.15, 0.2) is 11.6 Å². The molecule has 1 saturated carbocycles. The van der Waals surface area contributed by atoms with Crippen molar-refractivity contribution in [1.29, 1.82) is 0 Å². The molecule has 0 heterocycles. The van der Waals surface area contributed by atoms with E-state index in [4.69, 9.17) is 0 Å². The molecule has 2 unspecified atom stereocenters. The minimum atomic E-state index is 0.229. The first-order valence-corrected chi connectivity index (χ1v) is 7.50. The van der Waals surface area contributed by atoms with Crippen LogP contribution in [0.1, 0.15) is 51.9 Å². The summed E-state index contributed by atoms with van der Waals surface area (Å²) in [6, 6.07) is 0. The second kappa shape index (κ2) is 5.90. The minimum Gasteiger partial charge on any atom is -0.345 e. The molecule has 0 N–H and O–H groups in total. The molecule has 0 radical (unpaired) electrons. The van der Waals surface area contributed by atoms with Crippen molar-refractivity contribution in [2.24, 2.45) is 17.8 Å². The first-order chi connectivity index (χ1) is 8.59. The Hall–Kier alpha value is -0.790. The molecule has 1 amide bonds. The molecule has 0 aromatic heterocycles. The van der Waals surface area contributed by atoms with Crippen molar-refractivity contribution < 1.29 is 4.79 Å². The predicted octanol–water partition coefficient (Wildman–Crippen LogP) is 3.63. The molecule has 0 saturated heterocycles. The number of likely N-dealkylation sites (N-methyl/N-ethyl adjacent to an activating group) is 1. The van der Waals surface area contributed by atoms with Crippen LogP contribution in [0.4, 0.5) is 0 Å². The van der Waals surface area contributed by atoms with E-state index in [9.17, 15) is 4.79 Å². The highest BCUT2D eigenvalue weighted by Crippen LogP contribution is 2.41. The van der Waals surface area contributed by atoms with Gasteiger partial charge < -0.3 is 4.90 Å². The van der Waals surface area contributed by atoms with Crippen molar-refractivity contribution in [3.05, 3.63) is 11.6 Å². The lowest BCUT2D eigenvalue weighted by molar-refractivity contribution is -0.125. The Kier molecular flexibility index (Phi) is 4.47. The van der Waals surface area contributed by atoms with Gasteiger partial charge in [-0.25, -0.2) is 0 Å². The predicted molar refractivity (Wildman–Crippen MR) is 75.2 cm³/mol. The van der Waals surface area contributed by atoms with E-state index in [0.717, 1.165) is 36.2 Å². The van der Waals surface area contributed by atoms with Gasteiger partial charge >= 0.3 is 0 Å². The Bertz CT molecular complexity index is 326. The maximum atomic E-state index is 12.2. The van der Waals surface area contributed by atoms with Gasteiger partial charge in [-0.15, -0.1) is 0 Å². The lowest BCUT2D eigenvalue weighted by Crippen LogP contribution is -2.27. The maximum Gasteiger partial charge on any atom is 0.248 e. The van der Waals surface area contributed by atoms with Crippen LogP contribution in [0.5, 0.6) is 0 Å². The molecule has 2 heteroatoms. The van der Waals surface area contributed by atoms with Crippen LogP contribution in [0, 0.1) is 17.8 Å². The number of hydrogen-bond donors (Lipinski definition) is 0. The van der Waals surface area contributed by atoms with Gasteiger partial charge in [0.05, 0.1) is 0 Å². The third-order valence-corrected chi connectivity index (χ3v) is 4.89. The number of allylic oxidation sites excluding steroid dienone is 1. The molecular formula is C16H27NO. The molecule has 0 bridgehead atoms. The van der Waals surface area contributed by atoms with Gasteiger partial charge in [-0.1, -0.05) is 38.7 Å². The third kappa shape index (κ3) is 2.96. The Morgan fingerprint density at radius 2 is 1.89 bits per heavy atom. The van der Waals surface area contributed by atoms with Crippen LogP contribution in [0.3, 0.4) is 0 Å². The quantitative estimate of drug-likeness (QED) is 0.732. The van der Waals surface area contributed by atoms with E-state index in [-0.39, 0.29) is 5.91 Å². The van der Waals surface area contributed by atoms with Crippen LogP contribution < -0.4 is 0 Å². The average molecular weight is 249 g/mol. The van der Waals surface area contributed by atoms with Crippen molar-refractivity contribution in [3.63, 3.8) is 0 Å². The second-order valence-electron chi connectivity index (χ2n) is 6.40. The number of nitrogens with zero attached hydrogens (tertiary/aromatic N) is 1. The van der Waals surface area contributed by atoms with Gasteiger partial charge in [0.15, 0.2) is 0 Å². The first kappa shape index (κ1) is 13.6. The highest BCUT2D eigenvalue weighted by Gasteiger charge is 2.32. The summed E-state index contributed by atoms with van der Waals surface area (Å²) in [5.74, 6) is 2.62. The lowest BCUT2D eigenvalue weighted by Gasteiger charge is -2.28. The van der Waals surface area contributed by atoms with Crippen molar-refractivity contribution in [3.8, 4) is 0 Å². The van der Waals surface area contributed by atoms with Gasteiger partial charge in [0.1, 0.15) is 0 Å². The lowest BCUT2D eigenvalue weighted by atomic mass is 9.77. The van der Waals surface area contributed by atoms with Crippen LogP contribution in [-0.4, -0.2) is 24.9 Å². The topological polar surface area (TPSA) is 20.3 Å². The van der Waals surface area contributed by atoms with Gasteiger partial charge in [-0.2, -0.15) is 0 Å². The van der Waals surface area contributed by atoms with Crippen LogP contribution in [0.25, 0.3) is 0 Å². The van der Waals surface area contributed by atoms with Crippen LogP contribution in [0.2, 0.25) is 0 Å². The summed E-state index contributed by atoms with van der Waals surface area (Å²) in [4.78, 5) is 13.9. The first-order valence-electron chi connectivity index (χ1n) is 7.50. The van der Waals surface area contributed by atoms with Gasteiger partial charge in [-0.3, -0.25) is 4.79 Å². The van der Waals surface area contributed by atoms with Crippen molar-refractivity contribution in [1.82, 2.24) is 4.90 Å². The zero-order valence-corrected chi connectivity index (χ0v) is 12.1. The fraction of sp³-hybridized carbons (Fsp3) is 0.812. The average Bonchev–Trinajstić information content (AvgIpc) is 2.79. The zero-order valence-electron chi connectivity index (χ0n) is 12.1. The molecule has 1 fully saturated rings. The number of hydrogen-bond acceptors (Lipinski definition) is 1. The Labute approximate surface area is 111 Å². The largest absolute Gasteiger partial charge is 0.345 e. The van der Waals surface area contributed by atoms with Crippen LogP contribution >= 0.6 is 0 Å². The van der Waals surface area contributed by atoms with Gasteiger partial charge in [0, 0.05) is 19.7 Å². The van der Waals surface area contributed by atoms with E-state index in [1.165, 1.54) is 32.1 Å². The van der Waals surface area contributed by atoms with Crippen molar-refractivity contribution >= 4 is 5.91 Å². The summed E-state index contributed by atoms with van der Waals surface area (Å²) < 4.78 is 0. The summed E-state index contributed by atoms with van der Waals surface area (Å²) >= 11 is 0. The highest BCUT2D eigenvalue weighted by atomic mass is 16.2. The normalized spacial score (nSPS) is 29.8. The molecule has 2 aliphatic carbocycles. The summed E-state index contributed by atoms with van der Waals surface area (Å²) in [5.41, 5.74) is 1.07. The van der Waals surface area contributed by atoms with Gasteiger partial charge in [-0.05, 0) is 37.0 Å². The standard InChI is InChI=1S/C16H27NO/c1-12-7-6-10-14(16(18)17(2)3)11-15(12)13-8-4-5-9-13/h10,12-13,15H,4-9,11H2,1-3H3. The molecule has 18 heavy (non-hydrogen) atoms. The Morgan fingerprint density at radius 3 is 2.50 bits per heavy atom. The molecule has 0 aromatic rings. The number of carbonyl (C=O) groups excluding carboxylic acids is 1. The Balaban J connectivity index is 2.09. The van der Waals surface area contributed by atoms with Gasteiger partial charge in [0.2, 0.25) is 5.91 Å². The minimum absolute atomic E-state index is 0.229. The summed E-state index contributed by atoms with van der Waals surface area (Å²) in [7, 11) is 3.73. The molecule has 0 aliphatic heterocycles. The molecule has 2 aliphatic rings. The summed E-state index contributed by atoms with van der Waals surface area (Å²) in [6.07, 6.45) is 11.1. The molecule has 2 atom stereocenters. The smallest absolute Gasteiger partial charge is 0.248 e. The maximum absolute atomic E-state index is 12.2. The van der Waals surface area contributed by atoms with E-state index in [1.807, 2.05) is 14.1 Å². The highest BCUT2D eigenvalue weighted by molar-refractivity contribution is 5.93. The monoisotopic (exact) mass is 249 g/mol. The van der Waals surface area contributed by atoms with E-state index in [1.54, 1.807) is 4.90 Å². The van der Waals surface area contributed by atoms with E-state index >= 15 is 0 Å². The molecule has 2 rings (SSSR count). The molecule has 2 nitrogen and oxygen atoms in total. The molecule has 102 valence electrons. The number of carbonyl (C=O) groups is 1. The van der Waals surface area contributed by atoms with E-state index in [2.05, 4.69) is 13.0 Å². The SMILES string of the molecule is CC1CCC=C(C(=O)N(C)C)CC1C1CCCC1. The van der Waals surface area contributed by atoms with Crippen molar-refractivity contribution in [2.45, 2.75) is 51.9 Å². The fourth-order valence-electron chi connectivity index (χ4n) is 3.75. The number of rotatable bonds is 2. The number of amides is 1. The fourth-order valence-corrected chi connectivity index (χ4v) is 3.75. The summed E-state index contributed by atoms with van der Waals surface area (Å²) in [6.45, 7) is 2.39. The summed E-state index contributed by atoms with van der Waals surface area (Å²) in [5, 5.41) is 0. The molecule has 0 aromatic carbocycles. The zero-order chi connectivity index (χ0) is 13.1. The molecular weight excluding hydrogens is 222 g/mol. The van der Waals surface area contributed by atoms with Crippen LogP contribution in [-0.2, 0) is 4.79 Å². The van der Waals surface area contributed by atoms with E-state index < -0.39 is 0 Å². The van der Waals surface area contributed by atoms with Crippen molar-refractivity contribution in [2.75, 3.05) is 14.1 Å². The third-order valence-electron chi connectivity index (χ3n) is 4.89. The van der Waals surface area contributed by atoms with Gasteiger partial charge in [0.25, 0.3) is 0 Å². The molecule has 0 spiro atoms. The second-order valence-corrected chi connectivity index (χ2v) is 6.40. The Morgan fingerprint density at radius 1 is 1.22 bits per heavy atom. The van der Waals surface area contributed by atoms with E-state index in [0.29, 0.717) is 0 Å².